The molecule has 0 aliphatic heterocycles. The minimum Gasteiger partial charge on any atom is -0.455 e. The van der Waals surface area contributed by atoms with Crippen LogP contribution in [0.25, 0.3) is 78.4 Å². The third kappa shape index (κ3) is 8.08. The largest absolute Gasteiger partial charge is 0.455 e. The Hall–Kier alpha value is -6.38. The van der Waals surface area contributed by atoms with Gasteiger partial charge >= 0.3 is 0 Å². The molecule has 4 aliphatic rings. The second-order valence-electron chi connectivity index (χ2n) is 22.4. The Morgan fingerprint density at radius 3 is 1.48 bits per heavy atom. The summed E-state index contributed by atoms with van der Waals surface area (Å²) in [5.74, 6) is 6.75. The van der Waals surface area contributed by atoms with E-state index < -0.39 is 0 Å². The molecule has 2 aromatic heterocycles. The molecule has 2 heterocycles. The minimum atomic E-state index is 0.319. The van der Waals surface area contributed by atoms with Gasteiger partial charge in [0.05, 0.1) is 17.2 Å². The standard InChI is InChI=1S/C64H64N4O/c1-5-42-30-46-31-43(6-2)36-64(35-42,38-46)54-25-21-50(22-26-54)48-13-17-52(18-14-48)61-66-60(67-62(68-61)56-9-7-8-55-57-32-44(39-65)10-27-58(57)69-59(55)56)51-15-11-47(12-16-51)49-19-23-53(24-20-49)63-33-40(3)28-45(37-63)29-41(4)34-63/h7-27,32,40-43,45-46H,5-6,28-31,33-38H2,1-4H3/t40-,41+,42-,43+,45-,46-,63?,64?. The average Bonchev–Trinajstić information content (AvgIpc) is 3.76. The molecule has 0 radical (unpaired) electrons. The predicted octanol–water partition coefficient (Wildman–Crippen LogP) is 17.0. The number of aromatic nitrogens is 3. The molecule has 0 amide bonds. The first-order valence-corrected chi connectivity index (χ1v) is 26.2. The summed E-state index contributed by atoms with van der Waals surface area (Å²) < 4.78 is 6.52. The molecule has 4 bridgehead atoms. The quantitative estimate of drug-likeness (QED) is 0.144. The van der Waals surface area contributed by atoms with Crippen molar-refractivity contribution in [3.8, 4) is 62.5 Å². The third-order valence-electron chi connectivity index (χ3n) is 17.6. The van der Waals surface area contributed by atoms with E-state index in [4.69, 9.17) is 19.4 Å². The normalized spacial score (nSPS) is 26.5. The molecule has 6 aromatic carbocycles. The van der Waals surface area contributed by atoms with Crippen molar-refractivity contribution in [1.82, 2.24) is 15.0 Å². The van der Waals surface area contributed by atoms with Crippen molar-refractivity contribution in [2.75, 3.05) is 0 Å². The number of furan rings is 1. The van der Waals surface area contributed by atoms with Crippen LogP contribution >= 0.6 is 0 Å². The molecule has 5 heteroatoms. The lowest BCUT2D eigenvalue weighted by Gasteiger charge is -2.51. The van der Waals surface area contributed by atoms with E-state index in [0.717, 1.165) is 68.6 Å². The van der Waals surface area contributed by atoms with Gasteiger partial charge in [0.2, 0.25) is 0 Å². The molecule has 346 valence electrons. The molecule has 69 heavy (non-hydrogen) atoms. The van der Waals surface area contributed by atoms with Crippen LogP contribution < -0.4 is 0 Å². The Morgan fingerprint density at radius 2 is 0.971 bits per heavy atom. The van der Waals surface area contributed by atoms with Gasteiger partial charge < -0.3 is 4.42 Å². The lowest BCUT2D eigenvalue weighted by molar-refractivity contribution is 0.0629. The van der Waals surface area contributed by atoms with Crippen LogP contribution in [-0.4, -0.2) is 15.0 Å². The number of nitriles is 1. The summed E-state index contributed by atoms with van der Waals surface area (Å²) in [6.45, 7) is 9.73. The second kappa shape index (κ2) is 17.5. The summed E-state index contributed by atoms with van der Waals surface area (Å²) in [7, 11) is 0. The van der Waals surface area contributed by atoms with Gasteiger partial charge in [-0.15, -0.1) is 0 Å². The highest BCUT2D eigenvalue weighted by Gasteiger charge is 2.47. The van der Waals surface area contributed by atoms with Crippen LogP contribution in [-0.2, 0) is 10.8 Å². The molecule has 0 saturated heterocycles. The van der Waals surface area contributed by atoms with Gasteiger partial charge in [0, 0.05) is 21.9 Å². The van der Waals surface area contributed by atoms with E-state index in [-0.39, 0.29) is 0 Å². The maximum Gasteiger partial charge on any atom is 0.167 e. The molecule has 8 aromatic rings. The topological polar surface area (TPSA) is 75.6 Å². The summed E-state index contributed by atoms with van der Waals surface area (Å²) in [6.07, 6.45) is 16.2. The van der Waals surface area contributed by atoms with Crippen LogP contribution in [0.2, 0.25) is 0 Å². The first-order chi connectivity index (χ1) is 33.7. The number of nitrogens with zero attached hydrogens (tertiary/aromatic N) is 4. The highest BCUT2D eigenvalue weighted by atomic mass is 16.3. The smallest absolute Gasteiger partial charge is 0.167 e. The number of rotatable bonds is 9. The summed E-state index contributed by atoms with van der Waals surface area (Å²) >= 11 is 0. The SMILES string of the molecule is CC[C@@H]1C[C@@H]2C[C@H](CC)CC(c3ccc(-c4ccc(-c5nc(-c6ccc(-c7ccc(C89C[C@H](C)C[C@H](C[C@H](C)C8)C9)cc7)cc6)nc(-c6cccc7c6oc6ccc(C#N)cc67)n5)cc4)cc3)(C2)C1. The van der Waals surface area contributed by atoms with Crippen LogP contribution in [0.1, 0.15) is 121 Å². The lowest BCUT2D eigenvalue weighted by Crippen LogP contribution is -2.43. The average molecular weight is 905 g/mol. The zero-order chi connectivity index (χ0) is 46.9. The van der Waals surface area contributed by atoms with Crippen molar-refractivity contribution in [3.63, 3.8) is 0 Å². The van der Waals surface area contributed by atoms with Gasteiger partial charge in [-0.2, -0.15) is 5.26 Å². The fourth-order valence-corrected chi connectivity index (χ4v) is 14.8. The van der Waals surface area contributed by atoms with E-state index >= 15 is 0 Å². The number of para-hydroxylation sites is 1. The van der Waals surface area contributed by atoms with Crippen LogP contribution in [0.5, 0.6) is 0 Å². The minimum absolute atomic E-state index is 0.319. The van der Waals surface area contributed by atoms with E-state index in [1.807, 2.05) is 30.3 Å². The van der Waals surface area contributed by atoms with Crippen LogP contribution in [0.4, 0.5) is 0 Å². The first kappa shape index (κ1) is 43.9. The zero-order valence-corrected chi connectivity index (χ0v) is 40.8. The maximum atomic E-state index is 9.70. The molecule has 4 saturated carbocycles. The molecule has 0 N–H and O–H groups in total. The highest BCUT2D eigenvalue weighted by Crippen LogP contribution is 2.56. The molecular formula is C64H64N4O. The molecule has 0 spiro atoms. The maximum absolute atomic E-state index is 9.70. The molecule has 4 fully saturated rings. The summed E-state index contributed by atoms with van der Waals surface area (Å²) in [4.78, 5) is 15.5. The van der Waals surface area contributed by atoms with E-state index in [0.29, 0.717) is 39.4 Å². The van der Waals surface area contributed by atoms with Crippen molar-refractivity contribution >= 4 is 21.9 Å². The molecule has 12 rings (SSSR count). The van der Waals surface area contributed by atoms with E-state index in [1.165, 1.54) is 105 Å². The molecule has 8 atom stereocenters. The first-order valence-electron chi connectivity index (χ1n) is 26.2. The van der Waals surface area contributed by atoms with Gasteiger partial charge in [0.25, 0.3) is 0 Å². The van der Waals surface area contributed by atoms with E-state index in [1.54, 1.807) is 11.6 Å². The summed E-state index contributed by atoms with van der Waals surface area (Å²) in [6, 6.07) is 50.4. The molecule has 4 aliphatic carbocycles. The number of hydrogen-bond acceptors (Lipinski definition) is 5. The lowest BCUT2D eigenvalue weighted by atomic mass is 9.53. The van der Waals surface area contributed by atoms with Gasteiger partial charge in [0.15, 0.2) is 17.5 Å². The van der Waals surface area contributed by atoms with E-state index in [2.05, 4.69) is 131 Å². The number of hydrogen-bond donors (Lipinski definition) is 0. The molecule has 5 nitrogen and oxygen atoms in total. The van der Waals surface area contributed by atoms with Crippen molar-refractivity contribution < 1.29 is 4.42 Å². The predicted molar refractivity (Wildman–Crippen MR) is 281 cm³/mol. The van der Waals surface area contributed by atoms with Crippen molar-refractivity contribution in [3.05, 3.63) is 150 Å². The Morgan fingerprint density at radius 1 is 0.507 bits per heavy atom. The van der Waals surface area contributed by atoms with Crippen LogP contribution in [0.15, 0.2) is 138 Å². The monoisotopic (exact) mass is 905 g/mol. The number of benzene rings is 6. The fourth-order valence-electron chi connectivity index (χ4n) is 14.8. The Bertz CT molecular complexity index is 3180. The second-order valence-corrected chi connectivity index (χ2v) is 22.4. The third-order valence-corrected chi connectivity index (χ3v) is 17.6. The van der Waals surface area contributed by atoms with Crippen molar-refractivity contribution in [1.29, 1.82) is 5.26 Å². The van der Waals surface area contributed by atoms with Crippen LogP contribution in [0.3, 0.4) is 0 Å². The van der Waals surface area contributed by atoms with Crippen molar-refractivity contribution in [2.24, 2.45) is 35.5 Å². The zero-order valence-electron chi connectivity index (χ0n) is 40.8. The Kier molecular flexibility index (Phi) is 11.2. The van der Waals surface area contributed by atoms with Gasteiger partial charge in [-0.1, -0.05) is 150 Å². The summed E-state index contributed by atoms with van der Waals surface area (Å²) in [5.41, 5.74) is 13.1. The van der Waals surface area contributed by atoms with Crippen molar-refractivity contribution in [2.45, 2.75) is 116 Å². The highest BCUT2D eigenvalue weighted by molar-refractivity contribution is 6.09. The Balaban J connectivity index is 0.875. The van der Waals surface area contributed by atoms with Crippen LogP contribution in [0, 0.1) is 46.8 Å². The van der Waals surface area contributed by atoms with Gasteiger partial charge in [-0.25, -0.2) is 15.0 Å². The summed E-state index contributed by atoms with van der Waals surface area (Å²) in [5, 5.41) is 11.5. The Labute approximate surface area is 408 Å². The fraction of sp³-hybridized carbons (Fsp3) is 0.375. The number of fused-ring (bicyclic) bond motifs is 7. The van der Waals surface area contributed by atoms with Gasteiger partial charge in [-0.05, 0) is 168 Å². The van der Waals surface area contributed by atoms with Gasteiger partial charge in [-0.3, -0.25) is 0 Å². The van der Waals surface area contributed by atoms with Gasteiger partial charge in [0.1, 0.15) is 11.2 Å². The van der Waals surface area contributed by atoms with E-state index in [9.17, 15) is 5.26 Å². The molecule has 2 unspecified atom stereocenters. The molecular weight excluding hydrogens is 841 g/mol.